The van der Waals surface area contributed by atoms with E-state index in [1.54, 1.807) is 5.38 Å². The molecule has 0 aliphatic heterocycles. The molecule has 0 bridgehead atoms. The average molecular weight is 290 g/mol. The number of hydrogen-bond donors (Lipinski definition) is 2. The molecule has 3 aromatic rings. The van der Waals surface area contributed by atoms with Gasteiger partial charge < -0.3 is 5.73 Å². The smallest absolute Gasteiger partial charge is 0.276 e. The Bertz CT molecular complexity index is 762. The number of fused-ring (bicyclic) bond motifs is 1. The van der Waals surface area contributed by atoms with E-state index in [1.807, 2.05) is 25.1 Å². The van der Waals surface area contributed by atoms with E-state index in [0.29, 0.717) is 16.0 Å². The van der Waals surface area contributed by atoms with Gasteiger partial charge in [0.25, 0.3) is 5.91 Å². The van der Waals surface area contributed by atoms with Crippen LogP contribution in [0, 0.1) is 6.92 Å². The SMILES string of the molecule is Cc1ccc2nc(NC(=O)c3csc(N)n3)sc2c1. The summed E-state index contributed by atoms with van der Waals surface area (Å²) in [5.41, 5.74) is 7.87. The predicted molar refractivity (Wildman–Crippen MR) is 78.8 cm³/mol. The van der Waals surface area contributed by atoms with Gasteiger partial charge >= 0.3 is 0 Å². The van der Waals surface area contributed by atoms with E-state index in [1.165, 1.54) is 28.2 Å². The number of nitrogens with zero attached hydrogens (tertiary/aromatic N) is 2. The highest BCUT2D eigenvalue weighted by Gasteiger charge is 2.12. The van der Waals surface area contributed by atoms with Crippen LogP contribution in [0.4, 0.5) is 10.3 Å². The molecule has 96 valence electrons. The Morgan fingerprint density at radius 3 is 2.95 bits per heavy atom. The first-order valence-corrected chi connectivity index (χ1v) is 7.21. The summed E-state index contributed by atoms with van der Waals surface area (Å²) >= 11 is 2.68. The van der Waals surface area contributed by atoms with Crippen molar-refractivity contribution in [2.75, 3.05) is 11.1 Å². The van der Waals surface area contributed by atoms with E-state index in [4.69, 9.17) is 5.73 Å². The van der Waals surface area contributed by atoms with Crippen LogP contribution in [-0.4, -0.2) is 15.9 Å². The molecule has 1 amide bonds. The Morgan fingerprint density at radius 1 is 1.37 bits per heavy atom. The fourth-order valence-electron chi connectivity index (χ4n) is 1.64. The van der Waals surface area contributed by atoms with Crippen LogP contribution >= 0.6 is 22.7 Å². The zero-order valence-corrected chi connectivity index (χ0v) is 11.6. The Hall–Kier alpha value is -1.99. The lowest BCUT2D eigenvalue weighted by Crippen LogP contribution is -2.12. The summed E-state index contributed by atoms with van der Waals surface area (Å²) in [6, 6.07) is 5.98. The first-order valence-electron chi connectivity index (χ1n) is 5.51. The molecule has 2 aromatic heterocycles. The summed E-state index contributed by atoms with van der Waals surface area (Å²) in [7, 11) is 0. The van der Waals surface area contributed by atoms with Crippen molar-refractivity contribution in [3.63, 3.8) is 0 Å². The van der Waals surface area contributed by atoms with Gasteiger partial charge in [-0.15, -0.1) is 11.3 Å². The van der Waals surface area contributed by atoms with Crippen molar-refractivity contribution >= 4 is 49.1 Å². The number of nitrogens with two attached hydrogens (primary N) is 1. The van der Waals surface area contributed by atoms with E-state index < -0.39 is 0 Å². The first-order chi connectivity index (χ1) is 9.11. The van der Waals surface area contributed by atoms with Crippen LogP contribution in [0.25, 0.3) is 10.2 Å². The molecule has 0 aliphatic carbocycles. The number of rotatable bonds is 2. The van der Waals surface area contributed by atoms with Crippen LogP contribution in [0.2, 0.25) is 0 Å². The van der Waals surface area contributed by atoms with Gasteiger partial charge in [-0.1, -0.05) is 17.4 Å². The van der Waals surface area contributed by atoms with Gasteiger partial charge in [-0.3, -0.25) is 10.1 Å². The van der Waals surface area contributed by atoms with Gasteiger partial charge in [-0.05, 0) is 24.6 Å². The molecule has 0 radical (unpaired) electrons. The van der Waals surface area contributed by atoms with Gasteiger partial charge in [0.2, 0.25) is 0 Å². The number of nitrogens with one attached hydrogen (secondary N) is 1. The van der Waals surface area contributed by atoms with Gasteiger partial charge in [0.05, 0.1) is 10.2 Å². The molecule has 7 heteroatoms. The molecular weight excluding hydrogens is 280 g/mol. The first kappa shape index (κ1) is 12.1. The normalized spacial score (nSPS) is 10.8. The number of thiazole rings is 2. The van der Waals surface area contributed by atoms with Crippen molar-refractivity contribution in [2.45, 2.75) is 6.92 Å². The zero-order valence-electron chi connectivity index (χ0n) is 10.0. The molecule has 19 heavy (non-hydrogen) atoms. The summed E-state index contributed by atoms with van der Waals surface area (Å²) in [5.74, 6) is -0.288. The van der Waals surface area contributed by atoms with Crippen molar-refractivity contribution in [3.05, 3.63) is 34.8 Å². The summed E-state index contributed by atoms with van der Waals surface area (Å²) in [5, 5.41) is 5.31. The Labute approximate surface area is 117 Å². The third-order valence-electron chi connectivity index (χ3n) is 2.52. The van der Waals surface area contributed by atoms with Gasteiger partial charge in [-0.2, -0.15) is 0 Å². The number of benzene rings is 1. The summed E-state index contributed by atoms with van der Waals surface area (Å²) < 4.78 is 1.05. The Kier molecular flexibility index (Phi) is 2.92. The summed E-state index contributed by atoms with van der Waals surface area (Å²) in [6.45, 7) is 2.02. The highest BCUT2D eigenvalue weighted by atomic mass is 32.1. The summed E-state index contributed by atoms with van der Waals surface area (Å²) in [4.78, 5) is 20.2. The maximum absolute atomic E-state index is 11.9. The maximum Gasteiger partial charge on any atom is 0.276 e. The van der Waals surface area contributed by atoms with E-state index in [9.17, 15) is 4.79 Å². The Morgan fingerprint density at radius 2 is 2.21 bits per heavy atom. The van der Waals surface area contributed by atoms with Crippen LogP contribution in [-0.2, 0) is 0 Å². The van der Waals surface area contributed by atoms with Crippen LogP contribution in [0.15, 0.2) is 23.6 Å². The standard InChI is InChI=1S/C12H10N4OS2/c1-6-2-3-7-9(4-6)19-12(15-7)16-10(17)8-5-18-11(13)14-8/h2-5H,1H3,(H2,13,14)(H,15,16,17). The highest BCUT2D eigenvalue weighted by molar-refractivity contribution is 7.22. The minimum Gasteiger partial charge on any atom is -0.375 e. The predicted octanol–water partition coefficient (Wildman–Crippen LogP) is 2.90. The molecule has 0 saturated carbocycles. The fourth-order valence-corrected chi connectivity index (χ4v) is 3.14. The second kappa shape index (κ2) is 4.60. The quantitative estimate of drug-likeness (QED) is 0.760. The van der Waals surface area contributed by atoms with Crippen molar-refractivity contribution in [2.24, 2.45) is 0 Å². The number of aryl methyl sites for hydroxylation is 1. The topological polar surface area (TPSA) is 80.9 Å². The molecule has 2 heterocycles. The third-order valence-corrected chi connectivity index (χ3v) is 4.13. The number of nitrogen functional groups attached to an aromatic ring is 1. The molecule has 1 aromatic carbocycles. The minimum atomic E-state index is -0.288. The molecule has 3 rings (SSSR count). The lowest BCUT2D eigenvalue weighted by atomic mass is 10.2. The molecule has 3 N–H and O–H groups in total. The van der Waals surface area contributed by atoms with Gasteiger partial charge in [0.15, 0.2) is 10.3 Å². The number of aromatic nitrogens is 2. The van der Waals surface area contributed by atoms with E-state index in [2.05, 4.69) is 15.3 Å². The monoisotopic (exact) mass is 290 g/mol. The second-order valence-corrected chi connectivity index (χ2v) is 5.94. The Balaban J connectivity index is 1.87. The number of carbonyl (C=O) groups is 1. The third kappa shape index (κ3) is 2.42. The van der Waals surface area contributed by atoms with E-state index in [-0.39, 0.29) is 5.91 Å². The van der Waals surface area contributed by atoms with Crippen molar-refractivity contribution in [1.29, 1.82) is 0 Å². The van der Waals surface area contributed by atoms with E-state index in [0.717, 1.165) is 10.2 Å². The zero-order chi connectivity index (χ0) is 13.4. The number of amides is 1. The molecule has 0 fully saturated rings. The largest absolute Gasteiger partial charge is 0.375 e. The molecule has 5 nitrogen and oxygen atoms in total. The second-order valence-electron chi connectivity index (χ2n) is 4.02. The van der Waals surface area contributed by atoms with Gasteiger partial charge in [-0.25, -0.2) is 9.97 Å². The molecular formula is C12H10N4OS2. The average Bonchev–Trinajstić information content (AvgIpc) is 2.94. The molecule has 0 aliphatic rings. The van der Waals surface area contributed by atoms with Gasteiger partial charge in [0.1, 0.15) is 5.69 Å². The molecule has 0 spiro atoms. The number of hydrogen-bond acceptors (Lipinski definition) is 6. The van der Waals surface area contributed by atoms with E-state index >= 15 is 0 Å². The number of carbonyl (C=O) groups excluding carboxylic acids is 1. The lowest BCUT2D eigenvalue weighted by molar-refractivity contribution is 0.102. The van der Waals surface area contributed by atoms with Crippen LogP contribution in [0.5, 0.6) is 0 Å². The maximum atomic E-state index is 11.9. The van der Waals surface area contributed by atoms with Crippen molar-refractivity contribution in [3.8, 4) is 0 Å². The van der Waals surface area contributed by atoms with Gasteiger partial charge in [0, 0.05) is 5.38 Å². The molecule has 0 unspecified atom stereocenters. The molecule has 0 saturated heterocycles. The van der Waals surface area contributed by atoms with Crippen LogP contribution in [0.1, 0.15) is 16.1 Å². The van der Waals surface area contributed by atoms with Crippen LogP contribution < -0.4 is 11.1 Å². The van der Waals surface area contributed by atoms with Crippen molar-refractivity contribution in [1.82, 2.24) is 9.97 Å². The summed E-state index contributed by atoms with van der Waals surface area (Å²) in [6.07, 6.45) is 0. The minimum absolute atomic E-state index is 0.288. The fraction of sp³-hybridized carbons (Fsp3) is 0.0833. The van der Waals surface area contributed by atoms with Crippen molar-refractivity contribution < 1.29 is 4.79 Å². The highest BCUT2D eigenvalue weighted by Crippen LogP contribution is 2.27. The number of anilines is 2. The molecule has 0 atom stereocenters. The lowest BCUT2D eigenvalue weighted by Gasteiger charge is -1.96. The van der Waals surface area contributed by atoms with Crippen LogP contribution in [0.3, 0.4) is 0 Å².